The minimum absolute atomic E-state index is 0.361. The predicted octanol–water partition coefficient (Wildman–Crippen LogP) is 2.68. The summed E-state index contributed by atoms with van der Waals surface area (Å²) >= 11 is 0. The van der Waals surface area contributed by atoms with Gasteiger partial charge in [-0.25, -0.2) is 0 Å². The number of hydrogen-bond acceptors (Lipinski definition) is 5. The van der Waals surface area contributed by atoms with Crippen LogP contribution in [0.3, 0.4) is 0 Å². The fourth-order valence-electron chi connectivity index (χ4n) is 2.66. The lowest BCUT2D eigenvalue weighted by molar-refractivity contribution is -0.153. The second kappa shape index (κ2) is 6.05. The fourth-order valence-corrected chi connectivity index (χ4v) is 2.66. The average molecular weight is 308 g/mol. The molecule has 1 fully saturated rings. The van der Waals surface area contributed by atoms with Crippen LogP contribution in [0.4, 0.5) is 5.82 Å². The van der Waals surface area contributed by atoms with E-state index in [1.165, 1.54) is 0 Å². The van der Waals surface area contributed by atoms with Crippen LogP contribution in [0.5, 0.6) is 0 Å². The summed E-state index contributed by atoms with van der Waals surface area (Å²) in [5.74, 6) is -0.202. The van der Waals surface area contributed by atoms with Gasteiger partial charge in [0.05, 0.1) is 22.7 Å². The highest BCUT2D eigenvalue weighted by Crippen LogP contribution is 2.41. The van der Waals surface area contributed by atoms with E-state index in [2.05, 4.69) is 21.6 Å². The number of aliphatic carboxylic acids is 1. The maximum Gasteiger partial charge on any atom is 0.311 e. The Morgan fingerprint density at radius 1 is 1.30 bits per heavy atom. The number of hydrogen-bond donors (Lipinski definition) is 2. The first-order valence-electron chi connectivity index (χ1n) is 7.44. The molecule has 0 radical (unpaired) electrons. The van der Waals surface area contributed by atoms with E-state index in [-0.39, 0.29) is 0 Å². The van der Waals surface area contributed by atoms with E-state index in [1.54, 1.807) is 30.3 Å². The van der Waals surface area contributed by atoms with Crippen LogP contribution >= 0.6 is 0 Å². The maximum absolute atomic E-state index is 11.3. The van der Waals surface area contributed by atoms with Crippen LogP contribution in [0, 0.1) is 16.7 Å². The van der Waals surface area contributed by atoms with Crippen molar-refractivity contribution < 1.29 is 9.90 Å². The molecule has 0 unspecified atom stereocenters. The predicted molar refractivity (Wildman–Crippen MR) is 84.6 cm³/mol. The number of nitrogens with zero attached hydrogens (tertiary/aromatic N) is 3. The highest BCUT2D eigenvalue weighted by molar-refractivity contribution is 5.76. The second-order valence-corrected chi connectivity index (χ2v) is 5.79. The molecule has 1 aliphatic carbocycles. The molecule has 0 amide bonds. The molecule has 2 aromatic rings. The number of aromatic nitrogens is 2. The molecular formula is C17H16N4O2. The van der Waals surface area contributed by atoms with Gasteiger partial charge in [-0.1, -0.05) is 18.6 Å². The van der Waals surface area contributed by atoms with E-state index < -0.39 is 11.4 Å². The number of benzene rings is 1. The number of carbonyl (C=O) groups is 1. The molecule has 1 aliphatic rings. The normalized spacial score (nSPS) is 15.3. The maximum atomic E-state index is 11.3. The van der Waals surface area contributed by atoms with Crippen LogP contribution in [0.25, 0.3) is 11.3 Å². The molecule has 2 N–H and O–H groups in total. The summed E-state index contributed by atoms with van der Waals surface area (Å²) in [6, 6.07) is 12.8. The molecule has 6 nitrogen and oxygen atoms in total. The van der Waals surface area contributed by atoms with E-state index in [0.717, 1.165) is 12.0 Å². The van der Waals surface area contributed by atoms with Crippen molar-refractivity contribution in [2.45, 2.75) is 19.3 Å². The molecule has 116 valence electrons. The molecule has 1 heterocycles. The SMILES string of the molecule is N#Cc1cccc(-c2ccc(NCC3(C(=O)O)CCC3)nn2)c1. The molecule has 0 saturated heterocycles. The quantitative estimate of drug-likeness (QED) is 0.881. The second-order valence-electron chi connectivity index (χ2n) is 5.79. The van der Waals surface area contributed by atoms with E-state index >= 15 is 0 Å². The van der Waals surface area contributed by atoms with Gasteiger partial charge in [0.2, 0.25) is 0 Å². The zero-order valence-corrected chi connectivity index (χ0v) is 12.5. The molecule has 6 heteroatoms. The number of carboxylic acid groups (broad SMARTS) is 1. The summed E-state index contributed by atoms with van der Waals surface area (Å²) in [4.78, 5) is 11.3. The molecule has 1 aromatic heterocycles. The Morgan fingerprint density at radius 3 is 2.70 bits per heavy atom. The summed E-state index contributed by atoms with van der Waals surface area (Å²) in [6.45, 7) is 0.361. The highest BCUT2D eigenvalue weighted by Gasteiger charge is 2.44. The van der Waals surface area contributed by atoms with Gasteiger partial charge in [-0.05, 0) is 37.1 Å². The lowest BCUT2D eigenvalue weighted by atomic mass is 9.69. The molecule has 1 saturated carbocycles. The summed E-state index contributed by atoms with van der Waals surface area (Å²) in [5.41, 5.74) is 1.40. The van der Waals surface area contributed by atoms with E-state index in [4.69, 9.17) is 5.26 Å². The molecule has 1 aromatic carbocycles. The van der Waals surface area contributed by atoms with Crippen molar-refractivity contribution in [3.8, 4) is 17.3 Å². The first-order valence-corrected chi connectivity index (χ1v) is 7.44. The Morgan fingerprint density at radius 2 is 2.13 bits per heavy atom. The van der Waals surface area contributed by atoms with E-state index in [0.29, 0.717) is 36.5 Å². The van der Waals surface area contributed by atoms with Crippen LogP contribution in [0.2, 0.25) is 0 Å². The lowest BCUT2D eigenvalue weighted by Crippen LogP contribution is -2.43. The monoisotopic (exact) mass is 308 g/mol. The van der Waals surface area contributed by atoms with Crippen molar-refractivity contribution in [2.24, 2.45) is 5.41 Å². The number of anilines is 1. The minimum Gasteiger partial charge on any atom is -0.481 e. The number of nitriles is 1. The Bertz CT molecular complexity index is 761. The third kappa shape index (κ3) is 2.99. The van der Waals surface area contributed by atoms with Gasteiger partial charge in [0.1, 0.15) is 5.82 Å². The van der Waals surface area contributed by atoms with Gasteiger partial charge in [0.15, 0.2) is 0 Å². The van der Waals surface area contributed by atoms with Crippen LogP contribution in [-0.2, 0) is 4.79 Å². The van der Waals surface area contributed by atoms with Gasteiger partial charge in [-0.3, -0.25) is 4.79 Å². The van der Waals surface area contributed by atoms with Crippen molar-refractivity contribution in [1.82, 2.24) is 10.2 Å². The minimum atomic E-state index is -0.755. The Labute approximate surface area is 133 Å². The van der Waals surface area contributed by atoms with Crippen molar-refractivity contribution in [2.75, 3.05) is 11.9 Å². The summed E-state index contributed by atoms with van der Waals surface area (Å²) in [6.07, 6.45) is 2.34. The van der Waals surface area contributed by atoms with Crippen molar-refractivity contribution in [3.05, 3.63) is 42.0 Å². The van der Waals surface area contributed by atoms with Gasteiger partial charge in [-0.2, -0.15) is 5.26 Å². The Kier molecular flexibility index (Phi) is 3.94. The molecule has 3 rings (SSSR count). The van der Waals surface area contributed by atoms with Crippen LogP contribution in [0.1, 0.15) is 24.8 Å². The van der Waals surface area contributed by atoms with Gasteiger partial charge in [0, 0.05) is 12.1 Å². The lowest BCUT2D eigenvalue weighted by Gasteiger charge is -2.37. The van der Waals surface area contributed by atoms with Crippen LogP contribution < -0.4 is 5.32 Å². The largest absolute Gasteiger partial charge is 0.481 e. The standard InChI is InChI=1S/C17H16N4O2/c18-10-12-3-1-4-13(9-12)14-5-6-15(21-20-14)19-11-17(16(22)23)7-2-8-17/h1,3-6,9H,2,7-8,11H2,(H,19,21)(H,22,23). The van der Waals surface area contributed by atoms with Crippen molar-refractivity contribution in [1.29, 1.82) is 5.26 Å². The Hall–Kier alpha value is -2.94. The zero-order valence-electron chi connectivity index (χ0n) is 12.5. The molecular weight excluding hydrogens is 292 g/mol. The molecule has 0 bridgehead atoms. The fraction of sp³-hybridized carbons (Fsp3) is 0.294. The topological polar surface area (TPSA) is 98.9 Å². The molecule has 0 atom stereocenters. The highest BCUT2D eigenvalue weighted by atomic mass is 16.4. The van der Waals surface area contributed by atoms with Crippen molar-refractivity contribution >= 4 is 11.8 Å². The van der Waals surface area contributed by atoms with Crippen molar-refractivity contribution in [3.63, 3.8) is 0 Å². The molecule has 23 heavy (non-hydrogen) atoms. The molecule has 0 aliphatic heterocycles. The van der Waals surface area contributed by atoms with E-state index in [9.17, 15) is 9.90 Å². The van der Waals surface area contributed by atoms with E-state index in [1.807, 2.05) is 6.07 Å². The first kappa shape index (κ1) is 15.0. The number of rotatable bonds is 5. The Balaban J connectivity index is 1.70. The number of nitrogens with one attached hydrogen (secondary N) is 1. The summed E-state index contributed by atoms with van der Waals surface area (Å²) in [5, 5.41) is 29.5. The average Bonchev–Trinajstić information content (AvgIpc) is 2.54. The third-order valence-electron chi connectivity index (χ3n) is 4.32. The third-order valence-corrected chi connectivity index (χ3v) is 4.32. The summed E-state index contributed by atoms with van der Waals surface area (Å²) in [7, 11) is 0. The smallest absolute Gasteiger partial charge is 0.311 e. The molecule has 0 spiro atoms. The summed E-state index contributed by atoms with van der Waals surface area (Å²) < 4.78 is 0. The van der Waals surface area contributed by atoms with Gasteiger partial charge < -0.3 is 10.4 Å². The number of carboxylic acids is 1. The van der Waals surface area contributed by atoms with Gasteiger partial charge in [-0.15, -0.1) is 10.2 Å². The van der Waals surface area contributed by atoms with Crippen LogP contribution in [0.15, 0.2) is 36.4 Å². The van der Waals surface area contributed by atoms with Crippen LogP contribution in [-0.4, -0.2) is 27.8 Å². The zero-order chi connectivity index (χ0) is 16.3. The van der Waals surface area contributed by atoms with Gasteiger partial charge in [0.25, 0.3) is 0 Å². The van der Waals surface area contributed by atoms with Gasteiger partial charge >= 0.3 is 5.97 Å². The first-order chi connectivity index (χ1) is 11.1.